The summed E-state index contributed by atoms with van der Waals surface area (Å²) in [6.07, 6.45) is 0.820. The largest absolute Gasteiger partial charge is 0.488 e. The zero-order valence-corrected chi connectivity index (χ0v) is 13.4. The zero-order chi connectivity index (χ0) is 15.0. The summed E-state index contributed by atoms with van der Waals surface area (Å²) < 4.78 is 16.6. The van der Waals surface area contributed by atoms with Gasteiger partial charge in [-0.05, 0) is 43.4 Å². The molecule has 0 saturated heterocycles. The molecular formula is C17H28O3. The molecule has 20 heavy (non-hydrogen) atoms. The molecule has 1 rings (SSSR count). The molecular weight excluding hydrogens is 252 g/mol. The Morgan fingerprint density at radius 3 is 1.95 bits per heavy atom. The smallest absolute Gasteiger partial charge is 0.191 e. The predicted molar refractivity (Wildman–Crippen MR) is 82.3 cm³/mol. The van der Waals surface area contributed by atoms with Gasteiger partial charge < -0.3 is 14.2 Å². The second-order valence-electron chi connectivity index (χ2n) is 5.41. The third-order valence-electron chi connectivity index (χ3n) is 3.61. The Morgan fingerprint density at radius 1 is 0.950 bits per heavy atom. The van der Waals surface area contributed by atoms with Crippen molar-refractivity contribution >= 4 is 0 Å². The summed E-state index contributed by atoms with van der Waals surface area (Å²) in [5.41, 5.74) is 1.54. The van der Waals surface area contributed by atoms with E-state index in [0.29, 0.717) is 19.8 Å². The Kier molecular flexibility index (Phi) is 7.03. The van der Waals surface area contributed by atoms with Gasteiger partial charge in [-0.25, -0.2) is 0 Å². The lowest BCUT2D eigenvalue weighted by molar-refractivity contribution is -0.152. The average molecular weight is 280 g/mol. The van der Waals surface area contributed by atoms with Gasteiger partial charge >= 0.3 is 0 Å². The SMILES string of the molecule is CCOC(COc1ccc(C(C)(C)CC)cc1)OCC. The average Bonchev–Trinajstić information content (AvgIpc) is 2.46. The lowest BCUT2D eigenvalue weighted by atomic mass is 9.82. The minimum absolute atomic E-state index is 0.206. The number of benzene rings is 1. The summed E-state index contributed by atoms with van der Waals surface area (Å²) in [7, 11) is 0. The lowest BCUT2D eigenvalue weighted by Crippen LogP contribution is -2.25. The third-order valence-corrected chi connectivity index (χ3v) is 3.61. The summed E-state index contributed by atoms with van der Waals surface area (Å²) in [6, 6.07) is 8.30. The van der Waals surface area contributed by atoms with Crippen molar-refractivity contribution in [2.24, 2.45) is 0 Å². The molecule has 0 aromatic heterocycles. The van der Waals surface area contributed by atoms with E-state index in [2.05, 4.69) is 32.9 Å². The maximum atomic E-state index is 5.72. The van der Waals surface area contributed by atoms with E-state index in [1.807, 2.05) is 26.0 Å². The van der Waals surface area contributed by atoms with E-state index < -0.39 is 0 Å². The minimum Gasteiger partial charge on any atom is -0.488 e. The van der Waals surface area contributed by atoms with Crippen LogP contribution in [0.2, 0.25) is 0 Å². The van der Waals surface area contributed by atoms with Crippen LogP contribution in [0.1, 0.15) is 46.6 Å². The standard InChI is InChI=1S/C17H28O3/c1-6-17(4,5)14-9-11-15(12-10-14)20-13-16(18-7-2)19-8-3/h9-12,16H,6-8,13H2,1-5H3. The summed E-state index contributed by atoms with van der Waals surface area (Å²) in [5, 5.41) is 0. The molecule has 0 bridgehead atoms. The Bertz CT molecular complexity index is 364. The first kappa shape index (κ1) is 17.0. The molecule has 0 aliphatic heterocycles. The minimum atomic E-state index is -0.295. The molecule has 3 nitrogen and oxygen atoms in total. The molecule has 0 saturated carbocycles. The van der Waals surface area contributed by atoms with E-state index in [9.17, 15) is 0 Å². The van der Waals surface area contributed by atoms with Crippen molar-refractivity contribution in [3.8, 4) is 5.75 Å². The molecule has 3 heteroatoms. The molecule has 0 unspecified atom stereocenters. The molecule has 0 fully saturated rings. The first-order valence-electron chi connectivity index (χ1n) is 7.50. The predicted octanol–water partition coefficient (Wildman–Crippen LogP) is 4.15. The van der Waals surface area contributed by atoms with E-state index in [1.165, 1.54) is 5.56 Å². The summed E-state index contributed by atoms with van der Waals surface area (Å²) in [6.45, 7) is 12.3. The highest BCUT2D eigenvalue weighted by atomic mass is 16.7. The van der Waals surface area contributed by atoms with Gasteiger partial charge in [-0.15, -0.1) is 0 Å². The molecule has 0 radical (unpaired) electrons. The van der Waals surface area contributed by atoms with Crippen LogP contribution in [0.4, 0.5) is 0 Å². The Labute approximate surface area is 123 Å². The van der Waals surface area contributed by atoms with Crippen LogP contribution >= 0.6 is 0 Å². The van der Waals surface area contributed by atoms with Crippen LogP contribution in [-0.4, -0.2) is 26.1 Å². The molecule has 114 valence electrons. The van der Waals surface area contributed by atoms with E-state index in [0.717, 1.165) is 12.2 Å². The Morgan fingerprint density at radius 2 is 1.50 bits per heavy atom. The number of rotatable bonds is 9. The molecule has 0 aliphatic carbocycles. The highest BCUT2D eigenvalue weighted by Crippen LogP contribution is 2.28. The molecule has 1 aromatic rings. The van der Waals surface area contributed by atoms with E-state index in [1.54, 1.807) is 0 Å². The Hall–Kier alpha value is -1.06. The molecule has 0 heterocycles. The van der Waals surface area contributed by atoms with Crippen molar-refractivity contribution in [2.75, 3.05) is 19.8 Å². The topological polar surface area (TPSA) is 27.7 Å². The van der Waals surface area contributed by atoms with Gasteiger partial charge in [0.2, 0.25) is 0 Å². The van der Waals surface area contributed by atoms with Gasteiger partial charge in [0.25, 0.3) is 0 Å². The summed E-state index contributed by atoms with van der Waals surface area (Å²) in [4.78, 5) is 0. The summed E-state index contributed by atoms with van der Waals surface area (Å²) in [5.74, 6) is 0.852. The van der Waals surface area contributed by atoms with Gasteiger partial charge in [0.15, 0.2) is 6.29 Å². The molecule has 1 aromatic carbocycles. The highest BCUT2D eigenvalue weighted by molar-refractivity contribution is 5.31. The van der Waals surface area contributed by atoms with Gasteiger partial charge in [0.1, 0.15) is 12.4 Å². The van der Waals surface area contributed by atoms with Crippen LogP contribution in [0.25, 0.3) is 0 Å². The van der Waals surface area contributed by atoms with Crippen LogP contribution < -0.4 is 4.74 Å². The van der Waals surface area contributed by atoms with Crippen molar-refractivity contribution in [2.45, 2.75) is 52.7 Å². The lowest BCUT2D eigenvalue weighted by Gasteiger charge is -2.23. The van der Waals surface area contributed by atoms with Crippen molar-refractivity contribution < 1.29 is 14.2 Å². The number of ether oxygens (including phenoxy) is 3. The van der Waals surface area contributed by atoms with Crippen LogP contribution in [0, 0.1) is 0 Å². The van der Waals surface area contributed by atoms with E-state index in [4.69, 9.17) is 14.2 Å². The molecule has 0 N–H and O–H groups in total. The summed E-state index contributed by atoms with van der Waals surface area (Å²) >= 11 is 0. The highest BCUT2D eigenvalue weighted by Gasteiger charge is 2.17. The Balaban J connectivity index is 2.57. The molecule has 0 amide bonds. The second kappa shape index (κ2) is 8.28. The fourth-order valence-electron chi connectivity index (χ4n) is 1.89. The van der Waals surface area contributed by atoms with Crippen LogP contribution in [0.5, 0.6) is 5.75 Å². The number of hydrogen-bond donors (Lipinski definition) is 0. The molecule has 0 aliphatic rings. The first-order valence-corrected chi connectivity index (χ1v) is 7.50. The third kappa shape index (κ3) is 5.14. The fourth-order valence-corrected chi connectivity index (χ4v) is 1.89. The maximum absolute atomic E-state index is 5.72. The van der Waals surface area contributed by atoms with Gasteiger partial charge in [-0.2, -0.15) is 0 Å². The van der Waals surface area contributed by atoms with E-state index in [-0.39, 0.29) is 11.7 Å². The quantitative estimate of drug-likeness (QED) is 0.636. The maximum Gasteiger partial charge on any atom is 0.191 e. The fraction of sp³-hybridized carbons (Fsp3) is 0.647. The van der Waals surface area contributed by atoms with Crippen molar-refractivity contribution in [1.29, 1.82) is 0 Å². The zero-order valence-electron chi connectivity index (χ0n) is 13.4. The van der Waals surface area contributed by atoms with Gasteiger partial charge in [0, 0.05) is 13.2 Å². The van der Waals surface area contributed by atoms with Crippen molar-refractivity contribution in [3.05, 3.63) is 29.8 Å². The molecule has 0 atom stereocenters. The normalized spacial score (nSPS) is 11.9. The van der Waals surface area contributed by atoms with Crippen LogP contribution in [0.3, 0.4) is 0 Å². The van der Waals surface area contributed by atoms with Gasteiger partial charge in [0.05, 0.1) is 0 Å². The van der Waals surface area contributed by atoms with Gasteiger partial charge in [-0.3, -0.25) is 0 Å². The van der Waals surface area contributed by atoms with Crippen molar-refractivity contribution in [1.82, 2.24) is 0 Å². The van der Waals surface area contributed by atoms with Gasteiger partial charge in [-0.1, -0.05) is 32.9 Å². The molecule has 0 spiro atoms. The van der Waals surface area contributed by atoms with Crippen LogP contribution in [0.15, 0.2) is 24.3 Å². The van der Waals surface area contributed by atoms with Crippen molar-refractivity contribution in [3.63, 3.8) is 0 Å². The number of hydrogen-bond acceptors (Lipinski definition) is 3. The second-order valence-corrected chi connectivity index (χ2v) is 5.41. The monoisotopic (exact) mass is 280 g/mol. The van der Waals surface area contributed by atoms with E-state index >= 15 is 0 Å². The first-order chi connectivity index (χ1) is 9.53. The van der Waals surface area contributed by atoms with Crippen LogP contribution in [-0.2, 0) is 14.9 Å².